The molecule has 0 amide bonds. The van der Waals surface area contributed by atoms with E-state index < -0.39 is 0 Å². The molecular weight excluding hydrogens is 236 g/mol. The quantitative estimate of drug-likeness (QED) is 0.893. The van der Waals surface area contributed by atoms with Crippen molar-refractivity contribution in [3.63, 3.8) is 0 Å². The molecule has 1 aliphatic rings. The SMILES string of the molecule is Cc1ccccc1-c1cnnc(C2CCCNC2)n1. The number of rotatable bonds is 2. The van der Waals surface area contributed by atoms with E-state index in [0.29, 0.717) is 5.92 Å². The molecule has 1 saturated heterocycles. The van der Waals surface area contributed by atoms with Gasteiger partial charge in [0.25, 0.3) is 0 Å². The van der Waals surface area contributed by atoms with Crippen LogP contribution in [0.3, 0.4) is 0 Å². The molecule has 0 radical (unpaired) electrons. The van der Waals surface area contributed by atoms with Gasteiger partial charge in [0.05, 0.1) is 11.9 Å². The molecule has 1 aliphatic heterocycles. The molecule has 4 nitrogen and oxygen atoms in total. The Balaban J connectivity index is 1.93. The molecule has 3 rings (SSSR count). The third kappa shape index (κ3) is 2.63. The zero-order chi connectivity index (χ0) is 13.1. The topological polar surface area (TPSA) is 50.7 Å². The van der Waals surface area contributed by atoms with Gasteiger partial charge in [-0.2, -0.15) is 5.10 Å². The molecule has 98 valence electrons. The standard InChI is InChI=1S/C15H18N4/c1-11-5-2-3-7-13(11)14-10-17-19-15(18-14)12-6-4-8-16-9-12/h2-3,5,7,10,12,16H,4,6,8-9H2,1H3. The van der Waals surface area contributed by atoms with Gasteiger partial charge in [-0.05, 0) is 31.9 Å². The highest BCUT2D eigenvalue weighted by atomic mass is 15.2. The van der Waals surface area contributed by atoms with Crippen LogP contribution in [0.2, 0.25) is 0 Å². The minimum atomic E-state index is 0.394. The minimum Gasteiger partial charge on any atom is -0.316 e. The van der Waals surface area contributed by atoms with Gasteiger partial charge in [0.1, 0.15) is 0 Å². The number of nitrogens with zero attached hydrogens (tertiary/aromatic N) is 3. The number of benzene rings is 1. The zero-order valence-corrected chi connectivity index (χ0v) is 11.1. The van der Waals surface area contributed by atoms with Gasteiger partial charge in [-0.25, -0.2) is 4.98 Å². The first-order valence-corrected chi connectivity index (χ1v) is 6.81. The van der Waals surface area contributed by atoms with E-state index in [1.807, 2.05) is 12.1 Å². The van der Waals surface area contributed by atoms with Crippen LogP contribution in [0.5, 0.6) is 0 Å². The predicted octanol–water partition coefficient (Wildman–Crippen LogP) is 2.31. The summed E-state index contributed by atoms with van der Waals surface area (Å²) in [5.74, 6) is 1.26. The van der Waals surface area contributed by atoms with E-state index in [1.54, 1.807) is 6.20 Å². The van der Waals surface area contributed by atoms with Gasteiger partial charge in [-0.15, -0.1) is 5.10 Å². The molecule has 2 heterocycles. The number of aryl methyl sites for hydroxylation is 1. The summed E-state index contributed by atoms with van der Waals surface area (Å²) in [6.45, 7) is 4.15. The van der Waals surface area contributed by atoms with Gasteiger partial charge in [-0.3, -0.25) is 0 Å². The maximum absolute atomic E-state index is 4.71. The molecule has 0 bridgehead atoms. The van der Waals surface area contributed by atoms with Crippen molar-refractivity contribution in [3.05, 3.63) is 41.9 Å². The van der Waals surface area contributed by atoms with Crippen molar-refractivity contribution in [2.75, 3.05) is 13.1 Å². The Morgan fingerprint density at radius 3 is 2.95 bits per heavy atom. The zero-order valence-electron chi connectivity index (χ0n) is 11.1. The van der Waals surface area contributed by atoms with Crippen LogP contribution < -0.4 is 5.32 Å². The fourth-order valence-corrected chi connectivity index (χ4v) is 2.55. The Labute approximate surface area is 113 Å². The fraction of sp³-hybridized carbons (Fsp3) is 0.400. The normalized spacial score (nSPS) is 19.3. The highest BCUT2D eigenvalue weighted by Crippen LogP contribution is 2.24. The molecule has 0 spiro atoms. The summed E-state index contributed by atoms with van der Waals surface area (Å²) in [5, 5.41) is 11.8. The Morgan fingerprint density at radius 2 is 2.16 bits per heavy atom. The fourth-order valence-electron chi connectivity index (χ4n) is 2.55. The van der Waals surface area contributed by atoms with Crippen LogP contribution in [0.1, 0.15) is 30.1 Å². The lowest BCUT2D eigenvalue weighted by atomic mass is 9.98. The van der Waals surface area contributed by atoms with Crippen LogP contribution >= 0.6 is 0 Å². The van der Waals surface area contributed by atoms with Crippen molar-refractivity contribution in [3.8, 4) is 11.3 Å². The lowest BCUT2D eigenvalue weighted by Gasteiger charge is -2.21. The maximum atomic E-state index is 4.71. The first-order valence-electron chi connectivity index (χ1n) is 6.81. The van der Waals surface area contributed by atoms with Crippen LogP contribution in [-0.2, 0) is 0 Å². The Bertz CT molecular complexity index is 562. The second-order valence-corrected chi connectivity index (χ2v) is 5.06. The van der Waals surface area contributed by atoms with Crippen LogP contribution in [-0.4, -0.2) is 28.3 Å². The van der Waals surface area contributed by atoms with Gasteiger partial charge in [-0.1, -0.05) is 24.3 Å². The van der Waals surface area contributed by atoms with Gasteiger partial charge in [0.15, 0.2) is 5.82 Å². The molecule has 1 aromatic heterocycles. The second kappa shape index (κ2) is 5.45. The van der Waals surface area contributed by atoms with E-state index in [9.17, 15) is 0 Å². The molecule has 1 atom stereocenters. The highest BCUT2D eigenvalue weighted by molar-refractivity contribution is 5.62. The van der Waals surface area contributed by atoms with Crippen LogP contribution in [0.4, 0.5) is 0 Å². The van der Waals surface area contributed by atoms with Crippen molar-refractivity contribution in [1.29, 1.82) is 0 Å². The van der Waals surface area contributed by atoms with E-state index in [-0.39, 0.29) is 0 Å². The molecule has 19 heavy (non-hydrogen) atoms. The molecule has 2 aromatic rings. The third-order valence-corrected chi connectivity index (χ3v) is 3.66. The van der Waals surface area contributed by atoms with Crippen molar-refractivity contribution in [1.82, 2.24) is 20.5 Å². The number of nitrogens with one attached hydrogen (secondary N) is 1. The van der Waals surface area contributed by atoms with E-state index in [2.05, 4.69) is 34.6 Å². The summed E-state index contributed by atoms with van der Waals surface area (Å²) in [6, 6.07) is 8.26. The molecule has 0 saturated carbocycles. The van der Waals surface area contributed by atoms with E-state index in [0.717, 1.165) is 36.6 Å². The summed E-state index contributed by atoms with van der Waals surface area (Å²) in [6.07, 6.45) is 4.08. The average molecular weight is 254 g/mol. The van der Waals surface area contributed by atoms with Gasteiger partial charge < -0.3 is 5.32 Å². The number of hydrogen-bond acceptors (Lipinski definition) is 4. The largest absolute Gasteiger partial charge is 0.316 e. The monoisotopic (exact) mass is 254 g/mol. The van der Waals surface area contributed by atoms with Crippen LogP contribution in [0.25, 0.3) is 11.3 Å². The van der Waals surface area contributed by atoms with Gasteiger partial charge >= 0.3 is 0 Å². The van der Waals surface area contributed by atoms with Crippen molar-refractivity contribution < 1.29 is 0 Å². The molecule has 1 aromatic carbocycles. The minimum absolute atomic E-state index is 0.394. The molecule has 4 heteroatoms. The van der Waals surface area contributed by atoms with Crippen LogP contribution in [0.15, 0.2) is 30.5 Å². The number of piperidine rings is 1. The summed E-state index contributed by atoms with van der Waals surface area (Å²) in [5.41, 5.74) is 3.28. The molecule has 1 fully saturated rings. The molecule has 0 aliphatic carbocycles. The van der Waals surface area contributed by atoms with E-state index in [4.69, 9.17) is 4.98 Å². The second-order valence-electron chi connectivity index (χ2n) is 5.06. The summed E-state index contributed by atoms with van der Waals surface area (Å²) in [7, 11) is 0. The first-order chi connectivity index (χ1) is 9.34. The van der Waals surface area contributed by atoms with Gasteiger partial charge in [0.2, 0.25) is 0 Å². The predicted molar refractivity (Wildman–Crippen MR) is 74.8 cm³/mol. The Hall–Kier alpha value is -1.81. The Kier molecular flexibility index (Phi) is 3.51. The molecule has 1 unspecified atom stereocenters. The smallest absolute Gasteiger partial charge is 0.155 e. The average Bonchev–Trinajstić information content (AvgIpc) is 2.49. The molecular formula is C15H18N4. The lowest BCUT2D eigenvalue weighted by molar-refractivity contribution is 0.443. The van der Waals surface area contributed by atoms with Crippen molar-refractivity contribution in [2.45, 2.75) is 25.7 Å². The summed E-state index contributed by atoms with van der Waals surface area (Å²) < 4.78 is 0. The Morgan fingerprint density at radius 1 is 1.26 bits per heavy atom. The highest BCUT2D eigenvalue weighted by Gasteiger charge is 2.19. The molecule has 1 N–H and O–H groups in total. The van der Waals surface area contributed by atoms with E-state index in [1.165, 1.54) is 12.0 Å². The van der Waals surface area contributed by atoms with Gasteiger partial charge in [0, 0.05) is 18.0 Å². The summed E-state index contributed by atoms with van der Waals surface area (Å²) >= 11 is 0. The van der Waals surface area contributed by atoms with Crippen LogP contribution in [0, 0.1) is 6.92 Å². The summed E-state index contributed by atoms with van der Waals surface area (Å²) in [4.78, 5) is 4.71. The maximum Gasteiger partial charge on any atom is 0.155 e. The lowest BCUT2D eigenvalue weighted by Crippen LogP contribution is -2.29. The third-order valence-electron chi connectivity index (χ3n) is 3.66. The van der Waals surface area contributed by atoms with Crippen molar-refractivity contribution in [2.24, 2.45) is 0 Å². The van der Waals surface area contributed by atoms with Crippen molar-refractivity contribution >= 4 is 0 Å². The number of hydrogen-bond donors (Lipinski definition) is 1. The number of aromatic nitrogens is 3. The van der Waals surface area contributed by atoms with E-state index >= 15 is 0 Å². The first kappa shape index (κ1) is 12.2.